The molecule has 0 saturated carbocycles. The fraction of sp³-hybridized carbons (Fsp3) is 0.350. The number of carbonyl (C=O) groups is 1. The van der Waals surface area contributed by atoms with E-state index in [1.807, 2.05) is 24.3 Å². The van der Waals surface area contributed by atoms with Gasteiger partial charge >= 0.3 is 6.03 Å². The zero-order valence-corrected chi connectivity index (χ0v) is 14.8. The zero-order valence-electron chi connectivity index (χ0n) is 14.8. The average Bonchev–Trinajstić information content (AvgIpc) is 2.63. The van der Waals surface area contributed by atoms with Gasteiger partial charge in [0.05, 0.1) is 6.04 Å². The molecule has 1 fully saturated rings. The van der Waals surface area contributed by atoms with Crippen LogP contribution in [0.1, 0.15) is 37.8 Å². The number of rotatable bonds is 4. The highest BCUT2D eigenvalue weighted by Gasteiger charge is 2.15. The Kier molecular flexibility index (Phi) is 5.71. The van der Waals surface area contributed by atoms with Gasteiger partial charge in [-0.15, -0.1) is 0 Å². The van der Waals surface area contributed by atoms with Crippen LogP contribution in [0.4, 0.5) is 25.0 Å². The molecule has 2 aromatic carbocycles. The van der Waals surface area contributed by atoms with Crippen molar-refractivity contribution in [1.29, 1.82) is 0 Å². The number of anilines is 2. The van der Waals surface area contributed by atoms with Crippen LogP contribution >= 0.6 is 0 Å². The lowest BCUT2D eigenvalue weighted by Gasteiger charge is -2.28. The summed E-state index contributed by atoms with van der Waals surface area (Å²) in [6.07, 6.45) is 3.70. The van der Waals surface area contributed by atoms with Gasteiger partial charge in [-0.2, -0.15) is 0 Å². The highest BCUT2D eigenvalue weighted by Crippen LogP contribution is 2.22. The number of carbonyl (C=O) groups excluding carboxylic acids is 1. The molecule has 26 heavy (non-hydrogen) atoms. The molecule has 1 unspecified atom stereocenters. The monoisotopic (exact) mass is 359 g/mol. The van der Waals surface area contributed by atoms with Crippen molar-refractivity contribution in [3.05, 3.63) is 59.7 Å². The van der Waals surface area contributed by atoms with Gasteiger partial charge in [0.2, 0.25) is 0 Å². The van der Waals surface area contributed by atoms with E-state index in [0.29, 0.717) is 5.69 Å². The fourth-order valence-electron chi connectivity index (χ4n) is 3.20. The number of urea groups is 1. The van der Waals surface area contributed by atoms with Crippen LogP contribution in [0.3, 0.4) is 0 Å². The summed E-state index contributed by atoms with van der Waals surface area (Å²) in [6.45, 7) is 3.78. The second kappa shape index (κ2) is 8.17. The Bertz CT molecular complexity index is 758. The second-order valence-electron chi connectivity index (χ2n) is 6.58. The quantitative estimate of drug-likeness (QED) is 0.821. The molecule has 4 nitrogen and oxygen atoms in total. The van der Waals surface area contributed by atoms with Crippen molar-refractivity contribution in [1.82, 2.24) is 5.32 Å². The maximum absolute atomic E-state index is 13.8. The van der Waals surface area contributed by atoms with Gasteiger partial charge in [-0.05, 0) is 56.5 Å². The minimum Gasteiger partial charge on any atom is -0.372 e. The molecule has 1 saturated heterocycles. The van der Waals surface area contributed by atoms with Crippen LogP contribution in [0, 0.1) is 11.6 Å². The lowest BCUT2D eigenvalue weighted by Crippen LogP contribution is -2.31. The van der Waals surface area contributed by atoms with Crippen LogP contribution < -0.4 is 15.5 Å². The Morgan fingerprint density at radius 1 is 1.04 bits per heavy atom. The summed E-state index contributed by atoms with van der Waals surface area (Å²) in [6, 6.07) is 9.99. The normalized spacial score (nSPS) is 15.4. The molecular formula is C20H23F2N3O. The van der Waals surface area contributed by atoms with Crippen LogP contribution in [0.15, 0.2) is 42.5 Å². The summed E-state index contributed by atoms with van der Waals surface area (Å²) >= 11 is 0. The maximum atomic E-state index is 13.8. The van der Waals surface area contributed by atoms with Crippen molar-refractivity contribution in [3.63, 3.8) is 0 Å². The van der Waals surface area contributed by atoms with E-state index in [9.17, 15) is 13.6 Å². The van der Waals surface area contributed by atoms with Gasteiger partial charge in [-0.25, -0.2) is 13.6 Å². The van der Waals surface area contributed by atoms with Crippen molar-refractivity contribution in [2.24, 2.45) is 0 Å². The number of nitrogens with one attached hydrogen (secondary N) is 2. The number of nitrogens with zero attached hydrogens (tertiary/aromatic N) is 1. The number of benzene rings is 2. The third-order valence-electron chi connectivity index (χ3n) is 4.62. The lowest BCUT2D eigenvalue weighted by molar-refractivity contribution is 0.249. The number of piperidine rings is 1. The lowest BCUT2D eigenvalue weighted by atomic mass is 10.1. The average molecular weight is 359 g/mol. The number of halogens is 2. The van der Waals surface area contributed by atoms with Crippen molar-refractivity contribution in [2.45, 2.75) is 32.2 Å². The van der Waals surface area contributed by atoms with E-state index >= 15 is 0 Å². The number of amides is 2. The third kappa shape index (κ3) is 4.50. The Hall–Kier alpha value is -2.63. The zero-order chi connectivity index (χ0) is 18.5. The second-order valence-corrected chi connectivity index (χ2v) is 6.58. The predicted molar refractivity (Wildman–Crippen MR) is 99.4 cm³/mol. The topological polar surface area (TPSA) is 44.4 Å². The first kappa shape index (κ1) is 18.2. The van der Waals surface area contributed by atoms with Gasteiger partial charge in [0.1, 0.15) is 11.6 Å². The van der Waals surface area contributed by atoms with Crippen molar-refractivity contribution in [3.8, 4) is 0 Å². The van der Waals surface area contributed by atoms with E-state index in [0.717, 1.165) is 24.8 Å². The Morgan fingerprint density at radius 2 is 1.73 bits per heavy atom. The third-order valence-corrected chi connectivity index (χ3v) is 4.62. The molecule has 0 bridgehead atoms. The summed E-state index contributed by atoms with van der Waals surface area (Å²) in [7, 11) is 0. The van der Waals surface area contributed by atoms with E-state index in [4.69, 9.17) is 0 Å². The Morgan fingerprint density at radius 3 is 2.38 bits per heavy atom. The number of hydrogen-bond acceptors (Lipinski definition) is 2. The Balaban J connectivity index is 1.57. The first-order valence-electron chi connectivity index (χ1n) is 8.90. The Labute approximate surface area is 152 Å². The molecule has 1 aliphatic heterocycles. The summed E-state index contributed by atoms with van der Waals surface area (Å²) in [5, 5.41) is 5.40. The van der Waals surface area contributed by atoms with Gasteiger partial charge in [0.15, 0.2) is 0 Å². The predicted octanol–water partition coefficient (Wildman–Crippen LogP) is 4.84. The molecular weight excluding hydrogens is 336 g/mol. The van der Waals surface area contributed by atoms with Gasteiger partial charge in [0, 0.05) is 36.1 Å². The summed E-state index contributed by atoms with van der Waals surface area (Å²) in [5.41, 5.74) is 2.05. The van der Waals surface area contributed by atoms with Crippen LogP contribution in [-0.4, -0.2) is 19.1 Å². The molecule has 2 aromatic rings. The molecule has 0 aromatic heterocycles. The molecule has 138 valence electrons. The van der Waals surface area contributed by atoms with E-state index in [1.165, 1.54) is 31.4 Å². The van der Waals surface area contributed by atoms with Crippen molar-refractivity contribution < 1.29 is 13.6 Å². The molecule has 0 aliphatic carbocycles. The molecule has 1 aliphatic rings. The smallest absolute Gasteiger partial charge is 0.319 e. The number of hydrogen-bond donors (Lipinski definition) is 2. The standard InChI is InChI=1S/C20H23F2N3O/c1-14(18-10-5-15(21)13-19(18)22)23-20(26)24-16-6-8-17(9-7-16)25-11-3-2-4-12-25/h5-10,13-14H,2-4,11-12H2,1H3,(H2,23,24,26). The van der Waals surface area contributed by atoms with E-state index < -0.39 is 23.7 Å². The van der Waals surface area contributed by atoms with Gasteiger partial charge in [-0.1, -0.05) is 6.07 Å². The van der Waals surface area contributed by atoms with E-state index in [1.54, 1.807) is 6.92 Å². The maximum Gasteiger partial charge on any atom is 0.319 e. The molecule has 1 atom stereocenters. The molecule has 0 spiro atoms. The summed E-state index contributed by atoms with van der Waals surface area (Å²) < 4.78 is 26.8. The summed E-state index contributed by atoms with van der Waals surface area (Å²) in [4.78, 5) is 14.5. The molecule has 2 N–H and O–H groups in total. The van der Waals surface area contributed by atoms with Crippen LogP contribution in [0.5, 0.6) is 0 Å². The highest BCUT2D eigenvalue weighted by atomic mass is 19.1. The summed E-state index contributed by atoms with van der Waals surface area (Å²) in [5.74, 6) is -1.32. The van der Waals surface area contributed by atoms with Crippen molar-refractivity contribution in [2.75, 3.05) is 23.3 Å². The van der Waals surface area contributed by atoms with Gasteiger partial charge in [-0.3, -0.25) is 0 Å². The fourth-order valence-corrected chi connectivity index (χ4v) is 3.20. The van der Waals surface area contributed by atoms with Crippen LogP contribution in [0.25, 0.3) is 0 Å². The van der Waals surface area contributed by atoms with Gasteiger partial charge in [0.25, 0.3) is 0 Å². The molecule has 1 heterocycles. The van der Waals surface area contributed by atoms with Crippen LogP contribution in [-0.2, 0) is 0 Å². The van der Waals surface area contributed by atoms with Gasteiger partial charge < -0.3 is 15.5 Å². The molecule has 0 radical (unpaired) electrons. The minimum atomic E-state index is -0.677. The largest absolute Gasteiger partial charge is 0.372 e. The molecule has 3 rings (SSSR count). The first-order valence-corrected chi connectivity index (χ1v) is 8.90. The van der Waals surface area contributed by atoms with Crippen LogP contribution in [0.2, 0.25) is 0 Å². The molecule has 2 amide bonds. The van der Waals surface area contributed by atoms with Crippen molar-refractivity contribution >= 4 is 17.4 Å². The highest BCUT2D eigenvalue weighted by molar-refractivity contribution is 5.89. The van der Waals surface area contributed by atoms with E-state index in [2.05, 4.69) is 15.5 Å². The SMILES string of the molecule is CC(NC(=O)Nc1ccc(N2CCCCC2)cc1)c1ccc(F)cc1F. The minimum absolute atomic E-state index is 0.238. The molecule has 6 heteroatoms. The van der Waals surface area contributed by atoms with E-state index in [-0.39, 0.29) is 5.56 Å². The first-order chi connectivity index (χ1) is 12.5.